The molecule has 1 saturated heterocycles. The number of rotatable bonds is 5. The van der Waals surface area contributed by atoms with Crippen LogP contribution in [0.3, 0.4) is 0 Å². The standard InChI is InChI=1S/C15H24N2OS/c1-2-15(11-18)5-7-17(8-6-15)10-13-9-16-14(19-13)12-3-4-12/h9,12,18H,2-8,10-11H2,1H3. The summed E-state index contributed by atoms with van der Waals surface area (Å²) in [6.45, 7) is 5.84. The summed E-state index contributed by atoms with van der Waals surface area (Å²) in [5.41, 5.74) is 0.198. The quantitative estimate of drug-likeness (QED) is 0.900. The van der Waals surface area contributed by atoms with Crippen molar-refractivity contribution < 1.29 is 5.11 Å². The minimum Gasteiger partial charge on any atom is -0.396 e. The number of likely N-dealkylation sites (tertiary alicyclic amines) is 1. The van der Waals surface area contributed by atoms with Crippen LogP contribution in [0.25, 0.3) is 0 Å². The number of hydrogen-bond acceptors (Lipinski definition) is 4. The number of aliphatic hydroxyl groups excluding tert-OH is 1. The van der Waals surface area contributed by atoms with Gasteiger partial charge in [0.15, 0.2) is 0 Å². The average Bonchev–Trinajstić information content (AvgIpc) is 3.21. The summed E-state index contributed by atoms with van der Waals surface area (Å²) in [7, 11) is 0. The second-order valence-corrected chi connectivity index (χ2v) is 7.37. The summed E-state index contributed by atoms with van der Waals surface area (Å²) in [6.07, 6.45) is 8.12. The van der Waals surface area contributed by atoms with Crippen LogP contribution in [0.5, 0.6) is 0 Å². The highest BCUT2D eigenvalue weighted by molar-refractivity contribution is 7.11. The first-order valence-corrected chi connectivity index (χ1v) is 8.34. The van der Waals surface area contributed by atoms with Gasteiger partial charge in [-0.2, -0.15) is 0 Å². The predicted molar refractivity (Wildman–Crippen MR) is 78.4 cm³/mol. The van der Waals surface area contributed by atoms with Crippen molar-refractivity contribution in [2.75, 3.05) is 19.7 Å². The van der Waals surface area contributed by atoms with Crippen molar-refractivity contribution in [3.63, 3.8) is 0 Å². The van der Waals surface area contributed by atoms with E-state index in [0.29, 0.717) is 6.61 Å². The van der Waals surface area contributed by atoms with Crippen LogP contribution < -0.4 is 0 Å². The van der Waals surface area contributed by atoms with Crippen LogP contribution in [0.15, 0.2) is 6.20 Å². The van der Waals surface area contributed by atoms with Gasteiger partial charge in [0.2, 0.25) is 0 Å². The SMILES string of the molecule is CCC1(CO)CCN(Cc2cnc(C3CC3)s2)CC1. The maximum Gasteiger partial charge on any atom is 0.0959 e. The van der Waals surface area contributed by atoms with Gasteiger partial charge in [0.1, 0.15) is 0 Å². The van der Waals surface area contributed by atoms with Gasteiger partial charge in [-0.1, -0.05) is 6.92 Å². The number of hydrogen-bond donors (Lipinski definition) is 1. The Bertz CT molecular complexity index is 414. The number of piperidine rings is 1. The molecule has 106 valence electrons. The molecule has 1 aliphatic heterocycles. The second-order valence-electron chi connectivity index (χ2n) is 6.23. The predicted octanol–water partition coefficient (Wildman–Crippen LogP) is 3.01. The van der Waals surface area contributed by atoms with E-state index >= 15 is 0 Å². The van der Waals surface area contributed by atoms with Gasteiger partial charge in [0.05, 0.1) is 5.01 Å². The normalized spacial score (nSPS) is 23.7. The second kappa shape index (κ2) is 5.51. The van der Waals surface area contributed by atoms with Gasteiger partial charge in [-0.25, -0.2) is 4.98 Å². The third-order valence-corrected chi connectivity index (χ3v) is 6.02. The molecule has 1 aromatic heterocycles. The summed E-state index contributed by atoms with van der Waals surface area (Å²) in [5.74, 6) is 0.780. The van der Waals surface area contributed by atoms with Gasteiger partial charge in [0.25, 0.3) is 0 Å². The van der Waals surface area contributed by atoms with E-state index in [1.807, 2.05) is 11.3 Å². The molecule has 4 heteroatoms. The van der Waals surface area contributed by atoms with Crippen LogP contribution in [-0.2, 0) is 6.54 Å². The van der Waals surface area contributed by atoms with E-state index in [1.54, 1.807) is 0 Å². The van der Waals surface area contributed by atoms with Gasteiger partial charge in [0, 0.05) is 30.1 Å². The van der Waals surface area contributed by atoms with Crippen LogP contribution in [-0.4, -0.2) is 34.7 Å². The van der Waals surface area contributed by atoms with E-state index in [1.165, 1.54) is 22.7 Å². The molecule has 0 unspecified atom stereocenters. The van der Waals surface area contributed by atoms with Gasteiger partial charge >= 0.3 is 0 Å². The molecule has 1 N–H and O–H groups in total. The molecule has 1 aromatic rings. The van der Waals surface area contributed by atoms with Gasteiger partial charge in [-0.05, 0) is 50.6 Å². The Balaban J connectivity index is 1.53. The van der Waals surface area contributed by atoms with E-state index in [2.05, 4.69) is 23.0 Å². The van der Waals surface area contributed by atoms with E-state index in [9.17, 15) is 5.11 Å². The Hall–Kier alpha value is -0.450. The number of nitrogens with zero attached hydrogens (tertiary/aromatic N) is 2. The summed E-state index contributed by atoms with van der Waals surface area (Å²) in [4.78, 5) is 8.49. The molecule has 0 radical (unpaired) electrons. The van der Waals surface area contributed by atoms with Crippen LogP contribution in [0.2, 0.25) is 0 Å². The van der Waals surface area contributed by atoms with Gasteiger partial charge < -0.3 is 5.11 Å². The largest absolute Gasteiger partial charge is 0.396 e. The molecule has 0 bridgehead atoms. The molecule has 19 heavy (non-hydrogen) atoms. The van der Waals surface area contributed by atoms with E-state index in [0.717, 1.165) is 44.8 Å². The summed E-state index contributed by atoms with van der Waals surface area (Å²) < 4.78 is 0. The molecule has 0 atom stereocenters. The number of thiazole rings is 1. The zero-order chi connectivity index (χ0) is 13.3. The maximum absolute atomic E-state index is 9.56. The van der Waals surface area contributed by atoms with Crippen LogP contribution >= 0.6 is 11.3 Å². The maximum atomic E-state index is 9.56. The molecule has 0 spiro atoms. The molecule has 0 amide bonds. The third-order valence-electron chi connectivity index (χ3n) is 4.88. The Morgan fingerprint density at radius 3 is 2.74 bits per heavy atom. The van der Waals surface area contributed by atoms with Gasteiger partial charge in [-0.3, -0.25) is 4.90 Å². The fourth-order valence-corrected chi connectivity index (χ4v) is 4.07. The zero-order valence-electron chi connectivity index (χ0n) is 11.8. The topological polar surface area (TPSA) is 36.4 Å². The highest BCUT2D eigenvalue weighted by Gasteiger charge is 2.32. The third kappa shape index (κ3) is 3.01. The lowest BCUT2D eigenvalue weighted by Crippen LogP contribution is -2.41. The zero-order valence-corrected chi connectivity index (χ0v) is 12.6. The molecule has 3 rings (SSSR count). The van der Waals surface area contributed by atoms with E-state index in [-0.39, 0.29) is 5.41 Å². The lowest BCUT2D eigenvalue weighted by molar-refractivity contribution is 0.0385. The van der Waals surface area contributed by atoms with Gasteiger partial charge in [-0.15, -0.1) is 11.3 Å². The molecule has 1 saturated carbocycles. The van der Waals surface area contributed by atoms with E-state index < -0.39 is 0 Å². The van der Waals surface area contributed by atoms with Crippen LogP contribution in [0.4, 0.5) is 0 Å². The minimum atomic E-state index is 0.198. The van der Waals surface area contributed by atoms with Crippen LogP contribution in [0.1, 0.15) is 54.8 Å². The Morgan fingerprint density at radius 1 is 1.42 bits per heavy atom. The fourth-order valence-electron chi connectivity index (χ4n) is 2.94. The molecule has 1 aliphatic carbocycles. The van der Waals surface area contributed by atoms with E-state index in [4.69, 9.17) is 0 Å². The summed E-state index contributed by atoms with van der Waals surface area (Å²) >= 11 is 1.91. The smallest absolute Gasteiger partial charge is 0.0959 e. The molecule has 2 fully saturated rings. The minimum absolute atomic E-state index is 0.198. The van der Waals surface area contributed by atoms with Crippen molar-refractivity contribution in [3.8, 4) is 0 Å². The van der Waals surface area contributed by atoms with Crippen molar-refractivity contribution in [2.45, 2.75) is 51.5 Å². The number of aromatic nitrogens is 1. The molecule has 3 nitrogen and oxygen atoms in total. The molecular weight excluding hydrogens is 256 g/mol. The Morgan fingerprint density at radius 2 is 2.16 bits per heavy atom. The first kappa shape index (κ1) is 13.5. The summed E-state index contributed by atoms with van der Waals surface area (Å²) in [6, 6.07) is 0. The monoisotopic (exact) mass is 280 g/mol. The van der Waals surface area contributed by atoms with Crippen LogP contribution in [0, 0.1) is 5.41 Å². The highest BCUT2D eigenvalue weighted by atomic mass is 32.1. The van der Waals surface area contributed by atoms with Crippen molar-refractivity contribution in [1.29, 1.82) is 0 Å². The Labute approximate surface area is 119 Å². The first-order chi connectivity index (χ1) is 9.24. The molecular formula is C15H24N2OS. The van der Waals surface area contributed by atoms with Crippen molar-refractivity contribution in [3.05, 3.63) is 16.1 Å². The molecule has 0 aromatic carbocycles. The van der Waals surface area contributed by atoms with Crippen molar-refractivity contribution in [1.82, 2.24) is 9.88 Å². The number of aliphatic hydroxyl groups is 1. The molecule has 2 aliphatic rings. The average molecular weight is 280 g/mol. The Kier molecular flexibility index (Phi) is 3.92. The lowest BCUT2D eigenvalue weighted by Gasteiger charge is -2.40. The lowest BCUT2D eigenvalue weighted by atomic mass is 9.77. The summed E-state index contributed by atoms with van der Waals surface area (Å²) in [5, 5.41) is 10.9. The van der Waals surface area contributed by atoms with Crippen molar-refractivity contribution in [2.24, 2.45) is 5.41 Å². The van der Waals surface area contributed by atoms with Crippen molar-refractivity contribution >= 4 is 11.3 Å². The molecule has 2 heterocycles. The highest BCUT2D eigenvalue weighted by Crippen LogP contribution is 2.42. The first-order valence-electron chi connectivity index (χ1n) is 7.52. The fraction of sp³-hybridized carbons (Fsp3) is 0.800.